The number of rotatable bonds is 5. The van der Waals surface area contributed by atoms with Crippen LogP contribution in [0.15, 0.2) is 70.8 Å². The Morgan fingerprint density at radius 1 is 1.19 bits per heavy atom. The van der Waals surface area contributed by atoms with E-state index in [-0.39, 0.29) is 23.1 Å². The second-order valence-electron chi connectivity index (χ2n) is 11.1. The average Bonchev–Trinajstić information content (AvgIpc) is 3.00. The van der Waals surface area contributed by atoms with Crippen molar-refractivity contribution in [1.29, 1.82) is 0 Å². The smallest absolute Gasteiger partial charge is 0.141 e. The Labute approximate surface area is 216 Å². The molecule has 2 atom stereocenters. The van der Waals surface area contributed by atoms with Gasteiger partial charge in [-0.2, -0.15) is 0 Å². The first-order valence-corrected chi connectivity index (χ1v) is 14.1. The summed E-state index contributed by atoms with van der Waals surface area (Å²) in [4.78, 5) is 0.873. The number of hydrogen-bond acceptors (Lipinski definition) is 5. The summed E-state index contributed by atoms with van der Waals surface area (Å²) in [6.07, 6.45) is 9.50. The fourth-order valence-electron chi connectivity index (χ4n) is 5.33. The van der Waals surface area contributed by atoms with Gasteiger partial charge in [0.15, 0.2) is 0 Å². The van der Waals surface area contributed by atoms with Crippen molar-refractivity contribution in [3.8, 4) is 11.5 Å². The van der Waals surface area contributed by atoms with Gasteiger partial charge in [0.1, 0.15) is 23.8 Å². The fraction of sp³-hybridized carbons (Fsp3) is 0.400. The predicted octanol–water partition coefficient (Wildman–Crippen LogP) is 7.14. The number of fused-ring (bicyclic) bond motifs is 1. The fourth-order valence-corrected chi connectivity index (χ4v) is 7.14. The van der Waals surface area contributed by atoms with Gasteiger partial charge in [0.25, 0.3) is 0 Å². The minimum Gasteiger partial charge on any atom is -0.506 e. The Balaban J connectivity index is 1.57. The normalized spacial score (nSPS) is 22.6. The Morgan fingerprint density at radius 2 is 2.03 bits per heavy atom. The summed E-state index contributed by atoms with van der Waals surface area (Å²) in [6, 6.07) is 11.5. The number of phenolic OH excluding ortho intramolecular Hbond substituents is 1. The van der Waals surface area contributed by atoms with Crippen molar-refractivity contribution in [3.63, 3.8) is 0 Å². The number of anilines is 2. The van der Waals surface area contributed by atoms with E-state index in [1.54, 1.807) is 6.07 Å². The van der Waals surface area contributed by atoms with Crippen LogP contribution in [-0.2, 0) is 10.8 Å². The first-order chi connectivity index (χ1) is 17.2. The number of phenols is 1. The minimum absolute atomic E-state index is 0.100. The van der Waals surface area contributed by atoms with Crippen LogP contribution in [-0.4, -0.2) is 21.7 Å². The molecule has 0 radical (unpaired) electrons. The van der Waals surface area contributed by atoms with E-state index in [4.69, 9.17) is 4.74 Å². The molecule has 2 aromatic carbocycles. The summed E-state index contributed by atoms with van der Waals surface area (Å²) < 4.78 is 19.9. The molecule has 0 saturated heterocycles. The van der Waals surface area contributed by atoms with E-state index < -0.39 is 10.8 Å². The molecule has 2 unspecified atom stereocenters. The number of hydrogen-bond donors (Lipinski definition) is 3. The quantitative estimate of drug-likeness (QED) is 0.378. The molecule has 3 aliphatic rings. The highest BCUT2D eigenvalue weighted by Gasteiger charge is 2.39. The van der Waals surface area contributed by atoms with Gasteiger partial charge in [0, 0.05) is 11.4 Å². The summed E-state index contributed by atoms with van der Waals surface area (Å²) >= 11 is 0. The molecule has 1 aliphatic carbocycles. The summed E-state index contributed by atoms with van der Waals surface area (Å²) in [7, 11) is -1.17. The van der Waals surface area contributed by atoms with Crippen LogP contribution in [0.4, 0.5) is 11.4 Å². The van der Waals surface area contributed by atoms with Crippen molar-refractivity contribution in [2.75, 3.05) is 23.0 Å². The van der Waals surface area contributed by atoms with Crippen LogP contribution in [0.2, 0.25) is 0 Å². The Kier molecular flexibility index (Phi) is 6.73. The number of benzene rings is 2. The molecule has 0 amide bonds. The molecule has 5 rings (SSSR count). The molecule has 0 bridgehead atoms. The van der Waals surface area contributed by atoms with Gasteiger partial charge in [0.05, 0.1) is 27.4 Å². The van der Waals surface area contributed by atoms with Gasteiger partial charge >= 0.3 is 0 Å². The second-order valence-corrected chi connectivity index (χ2v) is 12.5. The summed E-state index contributed by atoms with van der Waals surface area (Å²) in [6.45, 7) is 9.22. The van der Waals surface area contributed by atoms with E-state index in [0.717, 1.165) is 52.4 Å². The maximum atomic E-state index is 13.7. The first-order valence-electron chi connectivity index (χ1n) is 12.8. The topological polar surface area (TPSA) is 70.6 Å². The van der Waals surface area contributed by atoms with Crippen molar-refractivity contribution in [2.45, 2.75) is 58.9 Å². The predicted molar refractivity (Wildman–Crippen MR) is 149 cm³/mol. The van der Waals surface area contributed by atoms with Gasteiger partial charge in [-0.3, -0.25) is 4.21 Å². The SMILES string of the molecule is CC(C)c1cc(OCC2=CCCC=C2)ccc1C1Nc2cccc(O)c2NC2=C1S(=O)CC(C)(C)C2. The number of aromatic hydroxyl groups is 1. The van der Waals surface area contributed by atoms with E-state index >= 15 is 0 Å². The Morgan fingerprint density at radius 3 is 2.78 bits per heavy atom. The highest BCUT2D eigenvalue weighted by atomic mass is 32.2. The molecule has 3 N–H and O–H groups in total. The lowest BCUT2D eigenvalue weighted by atomic mass is 9.87. The monoisotopic (exact) mass is 504 g/mol. The highest BCUT2D eigenvalue weighted by Crippen LogP contribution is 2.48. The zero-order chi connectivity index (χ0) is 25.4. The Bertz CT molecular complexity index is 1290. The zero-order valence-corrected chi connectivity index (χ0v) is 22.4. The molecule has 6 heteroatoms. The summed E-state index contributed by atoms with van der Waals surface area (Å²) in [5, 5.41) is 17.8. The molecular weight excluding hydrogens is 468 g/mol. The third-order valence-corrected chi connectivity index (χ3v) is 9.09. The molecule has 0 aromatic heterocycles. The molecule has 5 nitrogen and oxygen atoms in total. The van der Waals surface area contributed by atoms with Crippen molar-refractivity contribution in [2.24, 2.45) is 5.41 Å². The molecule has 0 fully saturated rings. The third-order valence-electron chi connectivity index (χ3n) is 7.07. The zero-order valence-electron chi connectivity index (χ0n) is 21.6. The number of ether oxygens (including phenoxy) is 1. The molecule has 0 spiro atoms. The molecule has 2 aliphatic heterocycles. The van der Waals surface area contributed by atoms with Crippen molar-refractivity contribution >= 4 is 22.2 Å². The van der Waals surface area contributed by atoms with Crippen LogP contribution in [0.5, 0.6) is 11.5 Å². The average molecular weight is 505 g/mol. The maximum Gasteiger partial charge on any atom is 0.141 e. The van der Waals surface area contributed by atoms with Crippen molar-refractivity contribution in [3.05, 3.63) is 81.9 Å². The van der Waals surface area contributed by atoms with Crippen LogP contribution >= 0.6 is 0 Å². The number of allylic oxidation sites excluding steroid dienone is 3. The van der Waals surface area contributed by atoms with Crippen LogP contribution in [0.25, 0.3) is 0 Å². The maximum absolute atomic E-state index is 13.7. The van der Waals surface area contributed by atoms with Gasteiger partial charge < -0.3 is 20.5 Å². The van der Waals surface area contributed by atoms with Crippen molar-refractivity contribution in [1.82, 2.24) is 0 Å². The van der Waals surface area contributed by atoms with Crippen LogP contribution in [0.1, 0.15) is 70.0 Å². The standard InChI is InChI=1S/C30H36N2O3S/c1-19(2)23-15-21(35-17-20-9-6-5-7-10-20)13-14-22(23)27-29-25(16-30(3,4)18-36(29)34)32-28-24(31-27)11-8-12-26(28)33/h6,8-15,19,27,31-33H,5,7,16-18H2,1-4H3. The number of para-hydroxylation sites is 1. The van der Waals surface area contributed by atoms with Gasteiger partial charge in [-0.25, -0.2) is 0 Å². The van der Waals surface area contributed by atoms with Crippen LogP contribution in [0.3, 0.4) is 0 Å². The second kappa shape index (κ2) is 9.81. The van der Waals surface area contributed by atoms with Gasteiger partial charge in [-0.1, -0.05) is 58.1 Å². The van der Waals surface area contributed by atoms with Crippen LogP contribution < -0.4 is 15.4 Å². The van der Waals surface area contributed by atoms with Gasteiger partial charge in [-0.15, -0.1) is 0 Å². The molecule has 0 saturated carbocycles. The van der Waals surface area contributed by atoms with E-state index in [9.17, 15) is 9.32 Å². The van der Waals surface area contributed by atoms with Crippen LogP contribution in [0, 0.1) is 5.41 Å². The highest BCUT2D eigenvalue weighted by molar-refractivity contribution is 7.89. The lowest BCUT2D eigenvalue weighted by Crippen LogP contribution is -2.32. The minimum atomic E-state index is -1.17. The number of nitrogens with one attached hydrogen (secondary N) is 2. The van der Waals surface area contributed by atoms with E-state index in [1.807, 2.05) is 18.2 Å². The Hall–Kier alpha value is -2.99. The van der Waals surface area contributed by atoms with Gasteiger partial charge in [-0.05, 0) is 71.6 Å². The molecule has 190 valence electrons. The lowest BCUT2D eigenvalue weighted by Gasteiger charge is -2.35. The first kappa shape index (κ1) is 24.7. The molecular formula is C30H36N2O3S. The summed E-state index contributed by atoms with van der Waals surface area (Å²) in [5.74, 6) is 1.87. The largest absolute Gasteiger partial charge is 0.506 e. The van der Waals surface area contributed by atoms with E-state index in [0.29, 0.717) is 18.0 Å². The van der Waals surface area contributed by atoms with E-state index in [1.165, 1.54) is 5.57 Å². The lowest BCUT2D eigenvalue weighted by molar-refractivity contribution is 0.354. The molecule has 2 heterocycles. The molecule has 36 heavy (non-hydrogen) atoms. The third kappa shape index (κ3) is 4.96. The van der Waals surface area contributed by atoms with Gasteiger partial charge in [0.2, 0.25) is 0 Å². The van der Waals surface area contributed by atoms with E-state index in [2.05, 4.69) is 68.7 Å². The van der Waals surface area contributed by atoms with Crippen molar-refractivity contribution < 1.29 is 14.1 Å². The summed E-state index contributed by atoms with van der Waals surface area (Å²) in [5.41, 5.74) is 5.74. The molecule has 2 aromatic rings.